The lowest BCUT2D eigenvalue weighted by Gasteiger charge is -2.22. The average Bonchev–Trinajstić information content (AvgIpc) is 2.05. The van der Waals surface area contributed by atoms with Gasteiger partial charge in [0, 0.05) is 12.9 Å². The van der Waals surface area contributed by atoms with Crippen LogP contribution in [-0.2, 0) is 9.09 Å². The quantitative estimate of drug-likeness (QED) is 0.489. The van der Waals surface area contributed by atoms with Gasteiger partial charge in [0.25, 0.3) is 0 Å². The third-order valence-corrected chi connectivity index (χ3v) is 9.01. The summed E-state index contributed by atoms with van der Waals surface area (Å²) in [7, 11) is 1.47. The van der Waals surface area contributed by atoms with Gasteiger partial charge in [0.05, 0.1) is 5.25 Å². The maximum absolute atomic E-state index is 11.6. The Kier molecular flexibility index (Phi) is 3.39. The molecule has 5 heteroatoms. The fourth-order valence-corrected chi connectivity index (χ4v) is 7.61. The molecule has 2 unspecified atom stereocenters. The van der Waals surface area contributed by atoms with Crippen LogP contribution in [0.15, 0.2) is 0 Å². The Morgan fingerprint density at radius 2 is 2.55 bits per heavy atom. The molecule has 0 radical (unpaired) electrons. The van der Waals surface area contributed by atoms with Crippen LogP contribution in [0, 0.1) is 12.3 Å². The van der Waals surface area contributed by atoms with Gasteiger partial charge in [0.2, 0.25) is 0 Å². The van der Waals surface area contributed by atoms with Crippen LogP contribution in [-0.4, -0.2) is 18.1 Å². The molecule has 1 aliphatic heterocycles. The molecular formula is C6H9O2PS2. The SMILES string of the molecule is C#CC1CCSP(=O)(OC)S1. The summed E-state index contributed by atoms with van der Waals surface area (Å²) in [5.41, 5.74) is 0. The van der Waals surface area contributed by atoms with Gasteiger partial charge in [-0.1, -0.05) is 17.3 Å². The summed E-state index contributed by atoms with van der Waals surface area (Å²) in [6, 6.07) is 0. The topological polar surface area (TPSA) is 26.3 Å². The third kappa shape index (κ3) is 2.45. The zero-order valence-electron chi connectivity index (χ0n) is 6.15. The third-order valence-electron chi connectivity index (χ3n) is 1.30. The molecule has 0 amide bonds. The maximum Gasteiger partial charge on any atom is 0.314 e. The van der Waals surface area contributed by atoms with Gasteiger partial charge in [-0.2, -0.15) is 0 Å². The first-order valence-corrected chi connectivity index (χ1v) is 7.85. The Hall–Kier alpha value is 0.450. The molecule has 0 aromatic carbocycles. The Morgan fingerprint density at radius 1 is 1.82 bits per heavy atom. The molecule has 1 fully saturated rings. The smallest absolute Gasteiger partial charge is 0.314 e. The Morgan fingerprint density at radius 3 is 3.09 bits per heavy atom. The van der Waals surface area contributed by atoms with Crippen LogP contribution >= 0.6 is 28.5 Å². The van der Waals surface area contributed by atoms with E-state index in [0.717, 1.165) is 12.2 Å². The van der Waals surface area contributed by atoms with Gasteiger partial charge in [-0.25, -0.2) is 0 Å². The van der Waals surface area contributed by atoms with Crippen molar-refractivity contribution in [2.75, 3.05) is 12.9 Å². The highest BCUT2D eigenvalue weighted by molar-refractivity contribution is 8.89. The van der Waals surface area contributed by atoms with Gasteiger partial charge >= 0.3 is 5.77 Å². The molecule has 0 saturated carbocycles. The number of terminal acetylenes is 1. The standard InChI is InChI=1S/C6H9O2PS2/c1-3-6-4-5-10-9(7,8-2)11-6/h1,6H,4-5H2,2H3. The van der Waals surface area contributed by atoms with Gasteiger partial charge in [-0.05, 0) is 17.8 Å². The van der Waals surface area contributed by atoms with Crippen LogP contribution in [0.1, 0.15) is 6.42 Å². The molecule has 11 heavy (non-hydrogen) atoms. The molecule has 0 aromatic heterocycles. The first kappa shape index (κ1) is 9.54. The summed E-state index contributed by atoms with van der Waals surface area (Å²) in [5.74, 6) is 0.955. The van der Waals surface area contributed by atoms with E-state index in [9.17, 15) is 4.57 Å². The minimum absolute atomic E-state index is 0.0713. The fourth-order valence-electron chi connectivity index (χ4n) is 0.720. The zero-order valence-corrected chi connectivity index (χ0v) is 8.68. The molecule has 1 heterocycles. The maximum atomic E-state index is 11.6. The summed E-state index contributed by atoms with van der Waals surface area (Å²) in [5, 5.41) is 0.0713. The molecule has 62 valence electrons. The highest BCUT2D eigenvalue weighted by atomic mass is 33.1. The second-order valence-corrected chi connectivity index (χ2v) is 9.70. The minimum Gasteiger partial charge on any atom is -0.317 e. The van der Waals surface area contributed by atoms with Crippen molar-refractivity contribution in [3.05, 3.63) is 0 Å². The van der Waals surface area contributed by atoms with E-state index in [1.807, 2.05) is 0 Å². The predicted molar refractivity (Wildman–Crippen MR) is 51.9 cm³/mol. The summed E-state index contributed by atoms with van der Waals surface area (Å²) in [6.45, 7) is 0. The summed E-state index contributed by atoms with van der Waals surface area (Å²) < 4.78 is 16.5. The van der Waals surface area contributed by atoms with Gasteiger partial charge < -0.3 is 4.52 Å². The van der Waals surface area contributed by atoms with Crippen LogP contribution in [0.5, 0.6) is 0 Å². The van der Waals surface area contributed by atoms with Gasteiger partial charge in [-0.3, -0.25) is 4.57 Å². The van der Waals surface area contributed by atoms with Crippen molar-refractivity contribution in [2.45, 2.75) is 11.7 Å². The molecular weight excluding hydrogens is 199 g/mol. The first-order chi connectivity index (χ1) is 5.20. The lowest BCUT2D eigenvalue weighted by Crippen LogP contribution is -2.04. The second-order valence-electron chi connectivity index (χ2n) is 2.01. The highest BCUT2D eigenvalue weighted by Gasteiger charge is 2.31. The summed E-state index contributed by atoms with van der Waals surface area (Å²) in [4.78, 5) is 0. The summed E-state index contributed by atoms with van der Waals surface area (Å²) >= 11 is 2.68. The Balaban J connectivity index is 2.61. The van der Waals surface area contributed by atoms with E-state index in [4.69, 9.17) is 10.9 Å². The normalized spacial score (nSPS) is 38.0. The molecule has 1 saturated heterocycles. The molecule has 1 rings (SSSR count). The van der Waals surface area contributed by atoms with Gasteiger partial charge in [0.15, 0.2) is 0 Å². The van der Waals surface area contributed by atoms with Crippen LogP contribution in [0.3, 0.4) is 0 Å². The minimum atomic E-state index is -2.48. The summed E-state index contributed by atoms with van der Waals surface area (Å²) in [6.07, 6.45) is 6.15. The molecule has 0 N–H and O–H groups in total. The largest absolute Gasteiger partial charge is 0.317 e. The van der Waals surface area contributed by atoms with Crippen molar-refractivity contribution < 1.29 is 9.09 Å². The second kappa shape index (κ2) is 3.91. The van der Waals surface area contributed by atoms with Crippen molar-refractivity contribution in [3.8, 4) is 12.3 Å². The lowest BCUT2D eigenvalue weighted by molar-refractivity contribution is 0.423. The van der Waals surface area contributed by atoms with Crippen molar-refractivity contribution in [1.82, 2.24) is 0 Å². The van der Waals surface area contributed by atoms with E-state index in [1.54, 1.807) is 0 Å². The molecule has 2 atom stereocenters. The van der Waals surface area contributed by atoms with Crippen LogP contribution in [0.2, 0.25) is 0 Å². The molecule has 0 aliphatic carbocycles. The molecule has 1 aliphatic rings. The van der Waals surface area contributed by atoms with Crippen LogP contribution in [0.4, 0.5) is 0 Å². The lowest BCUT2D eigenvalue weighted by atomic mass is 10.3. The zero-order chi connectivity index (χ0) is 8.32. The van der Waals surface area contributed by atoms with Crippen molar-refractivity contribution in [2.24, 2.45) is 0 Å². The number of hydrogen-bond acceptors (Lipinski definition) is 4. The molecule has 0 spiro atoms. The number of rotatable bonds is 1. The molecule has 2 nitrogen and oxygen atoms in total. The van der Waals surface area contributed by atoms with Crippen LogP contribution in [0.25, 0.3) is 0 Å². The Labute approximate surface area is 74.8 Å². The van der Waals surface area contributed by atoms with Gasteiger partial charge in [-0.15, -0.1) is 6.42 Å². The van der Waals surface area contributed by atoms with Crippen molar-refractivity contribution in [3.63, 3.8) is 0 Å². The van der Waals surface area contributed by atoms with Crippen molar-refractivity contribution >= 4 is 28.5 Å². The number of hydrogen-bond donors (Lipinski definition) is 0. The first-order valence-electron chi connectivity index (χ1n) is 3.15. The van der Waals surface area contributed by atoms with E-state index in [-0.39, 0.29) is 5.25 Å². The highest BCUT2D eigenvalue weighted by Crippen LogP contribution is 2.73. The van der Waals surface area contributed by atoms with E-state index in [2.05, 4.69) is 5.92 Å². The monoisotopic (exact) mass is 208 g/mol. The molecule has 0 bridgehead atoms. The molecule has 0 aromatic rings. The van der Waals surface area contributed by atoms with Crippen LogP contribution < -0.4 is 0 Å². The van der Waals surface area contributed by atoms with E-state index < -0.39 is 5.77 Å². The van der Waals surface area contributed by atoms with Gasteiger partial charge in [0.1, 0.15) is 0 Å². The van der Waals surface area contributed by atoms with E-state index in [1.165, 1.54) is 29.9 Å². The van der Waals surface area contributed by atoms with E-state index >= 15 is 0 Å². The van der Waals surface area contributed by atoms with Crippen molar-refractivity contribution in [1.29, 1.82) is 0 Å². The fraction of sp³-hybridized carbons (Fsp3) is 0.667. The predicted octanol–water partition coefficient (Wildman–Crippen LogP) is 2.61. The Bertz CT molecular complexity index is 223. The van der Waals surface area contributed by atoms with E-state index in [0.29, 0.717) is 0 Å². The average molecular weight is 208 g/mol.